The molecule has 1 amide bonds. The van der Waals surface area contributed by atoms with Crippen molar-refractivity contribution in [3.05, 3.63) is 29.3 Å². The number of benzene rings is 1. The molecule has 0 aliphatic heterocycles. The Balaban J connectivity index is 1.99. The SMILES string of the molecule is Cc1ccc(C(N)=S)cc1NC(=O)CC1CCCCC1. The van der Waals surface area contributed by atoms with Gasteiger partial charge in [0.25, 0.3) is 0 Å². The van der Waals surface area contributed by atoms with Crippen molar-refractivity contribution in [3.63, 3.8) is 0 Å². The predicted octanol–water partition coefficient (Wildman–Crippen LogP) is 3.54. The largest absolute Gasteiger partial charge is 0.389 e. The first-order chi connectivity index (χ1) is 9.56. The summed E-state index contributed by atoms with van der Waals surface area (Å²) in [6.45, 7) is 1.97. The van der Waals surface area contributed by atoms with Gasteiger partial charge >= 0.3 is 0 Å². The summed E-state index contributed by atoms with van der Waals surface area (Å²) < 4.78 is 0. The van der Waals surface area contributed by atoms with Crippen LogP contribution in [0.15, 0.2) is 18.2 Å². The molecular weight excluding hydrogens is 268 g/mol. The maximum Gasteiger partial charge on any atom is 0.224 e. The molecule has 1 fully saturated rings. The van der Waals surface area contributed by atoms with Gasteiger partial charge in [-0.25, -0.2) is 0 Å². The predicted molar refractivity (Wildman–Crippen MR) is 86.9 cm³/mol. The number of carbonyl (C=O) groups excluding carboxylic acids is 1. The Morgan fingerprint density at radius 3 is 2.70 bits per heavy atom. The Morgan fingerprint density at radius 2 is 2.05 bits per heavy atom. The Bertz CT molecular complexity index is 507. The van der Waals surface area contributed by atoms with Gasteiger partial charge in [-0.05, 0) is 37.3 Å². The molecule has 0 aromatic heterocycles. The molecule has 1 aliphatic carbocycles. The van der Waals surface area contributed by atoms with Crippen LogP contribution in [0.5, 0.6) is 0 Å². The molecule has 0 bridgehead atoms. The first-order valence-electron chi connectivity index (χ1n) is 7.26. The number of nitrogens with two attached hydrogens (primary N) is 1. The van der Waals surface area contributed by atoms with Crippen LogP contribution in [0.4, 0.5) is 5.69 Å². The zero-order valence-corrected chi connectivity index (χ0v) is 12.8. The Labute approximate surface area is 125 Å². The van der Waals surface area contributed by atoms with Gasteiger partial charge < -0.3 is 11.1 Å². The fraction of sp³-hybridized carbons (Fsp3) is 0.500. The van der Waals surface area contributed by atoms with Crippen LogP contribution in [0, 0.1) is 12.8 Å². The molecule has 20 heavy (non-hydrogen) atoms. The van der Waals surface area contributed by atoms with Crippen LogP contribution in [0.25, 0.3) is 0 Å². The summed E-state index contributed by atoms with van der Waals surface area (Å²) in [4.78, 5) is 12.5. The molecule has 4 heteroatoms. The van der Waals surface area contributed by atoms with Gasteiger partial charge in [0, 0.05) is 17.7 Å². The van der Waals surface area contributed by atoms with Crippen molar-refractivity contribution in [2.75, 3.05) is 5.32 Å². The standard InChI is InChI=1S/C16H22N2OS/c1-11-7-8-13(16(17)20)10-14(11)18-15(19)9-12-5-3-2-4-6-12/h7-8,10,12H,2-6,9H2,1H3,(H2,17,20)(H,18,19). The lowest BCUT2D eigenvalue weighted by Gasteiger charge is -2.21. The van der Waals surface area contributed by atoms with E-state index in [0.717, 1.165) is 16.8 Å². The van der Waals surface area contributed by atoms with Gasteiger partial charge in [0.15, 0.2) is 0 Å². The van der Waals surface area contributed by atoms with Crippen molar-refractivity contribution >= 4 is 28.8 Å². The lowest BCUT2D eigenvalue weighted by atomic mass is 9.87. The van der Waals surface area contributed by atoms with Crippen LogP contribution >= 0.6 is 12.2 Å². The highest BCUT2D eigenvalue weighted by Gasteiger charge is 2.17. The van der Waals surface area contributed by atoms with Crippen LogP contribution < -0.4 is 11.1 Å². The molecule has 0 spiro atoms. The minimum Gasteiger partial charge on any atom is -0.389 e. The third kappa shape index (κ3) is 4.04. The van der Waals surface area contributed by atoms with Crippen molar-refractivity contribution in [1.29, 1.82) is 0 Å². The third-order valence-corrected chi connectivity index (χ3v) is 4.23. The van der Waals surface area contributed by atoms with Crippen molar-refractivity contribution in [2.24, 2.45) is 11.7 Å². The molecule has 0 radical (unpaired) electrons. The number of thiocarbonyl (C=S) groups is 1. The molecule has 1 aliphatic rings. The van der Waals surface area contributed by atoms with Crippen molar-refractivity contribution in [1.82, 2.24) is 0 Å². The van der Waals surface area contributed by atoms with E-state index in [9.17, 15) is 4.79 Å². The molecule has 0 unspecified atom stereocenters. The molecule has 0 heterocycles. The Hall–Kier alpha value is -1.42. The molecule has 3 N–H and O–H groups in total. The monoisotopic (exact) mass is 290 g/mol. The van der Waals surface area contributed by atoms with Gasteiger partial charge in [-0.1, -0.05) is 43.6 Å². The summed E-state index contributed by atoms with van der Waals surface area (Å²) in [5.41, 5.74) is 8.27. The van der Waals surface area contributed by atoms with E-state index in [1.54, 1.807) is 0 Å². The van der Waals surface area contributed by atoms with Gasteiger partial charge in [-0.15, -0.1) is 0 Å². The highest BCUT2D eigenvalue weighted by molar-refractivity contribution is 7.80. The smallest absolute Gasteiger partial charge is 0.224 e. The van der Waals surface area contributed by atoms with Crippen LogP contribution in [0.3, 0.4) is 0 Å². The van der Waals surface area contributed by atoms with Crippen molar-refractivity contribution in [3.8, 4) is 0 Å². The molecule has 1 saturated carbocycles. The van der Waals surface area contributed by atoms with Gasteiger partial charge in [-0.2, -0.15) is 0 Å². The number of anilines is 1. The number of amides is 1. The molecule has 108 valence electrons. The average molecular weight is 290 g/mol. The summed E-state index contributed by atoms with van der Waals surface area (Å²) in [6, 6.07) is 5.68. The van der Waals surface area contributed by atoms with E-state index in [4.69, 9.17) is 18.0 Å². The maximum atomic E-state index is 12.1. The molecule has 2 rings (SSSR count). The summed E-state index contributed by atoms with van der Waals surface area (Å²) in [5.74, 6) is 0.642. The summed E-state index contributed by atoms with van der Waals surface area (Å²) in [5, 5.41) is 3.00. The van der Waals surface area contributed by atoms with E-state index >= 15 is 0 Å². The van der Waals surface area contributed by atoms with E-state index in [2.05, 4.69) is 5.32 Å². The van der Waals surface area contributed by atoms with Crippen LogP contribution in [-0.2, 0) is 4.79 Å². The van der Waals surface area contributed by atoms with E-state index in [1.165, 1.54) is 32.1 Å². The lowest BCUT2D eigenvalue weighted by molar-refractivity contribution is -0.117. The lowest BCUT2D eigenvalue weighted by Crippen LogP contribution is -2.19. The molecule has 1 aromatic carbocycles. The van der Waals surface area contributed by atoms with Gasteiger partial charge in [0.2, 0.25) is 5.91 Å². The molecule has 0 atom stereocenters. The van der Waals surface area contributed by atoms with Crippen molar-refractivity contribution in [2.45, 2.75) is 45.4 Å². The molecule has 1 aromatic rings. The van der Waals surface area contributed by atoms with E-state index < -0.39 is 0 Å². The first kappa shape index (κ1) is 15.0. The second-order valence-corrected chi connectivity index (χ2v) is 6.09. The van der Waals surface area contributed by atoms with Crippen LogP contribution in [0.2, 0.25) is 0 Å². The first-order valence-corrected chi connectivity index (χ1v) is 7.67. The van der Waals surface area contributed by atoms with Gasteiger partial charge in [0.1, 0.15) is 4.99 Å². The summed E-state index contributed by atoms with van der Waals surface area (Å²) >= 11 is 4.97. The van der Waals surface area contributed by atoms with Crippen LogP contribution in [0.1, 0.15) is 49.7 Å². The number of hydrogen-bond donors (Lipinski definition) is 2. The zero-order chi connectivity index (χ0) is 14.5. The number of carbonyl (C=O) groups is 1. The highest BCUT2D eigenvalue weighted by Crippen LogP contribution is 2.27. The Morgan fingerprint density at radius 1 is 1.35 bits per heavy atom. The quantitative estimate of drug-likeness (QED) is 0.834. The van der Waals surface area contributed by atoms with Gasteiger partial charge in [-0.3, -0.25) is 4.79 Å². The normalized spacial score (nSPS) is 15.8. The Kier molecular flexibility index (Phi) is 5.12. The topological polar surface area (TPSA) is 55.1 Å². The second-order valence-electron chi connectivity index (χ2n) is 5.65. The highest BCUT2D eigenvalue weighted by atomic mass is 32.1. The van der Waals surface area contributed by atoms with Gasteiger partial charge in [0.05, 0.1) is 0 Å². The fourth-order valence-electron chi connectivity index (χ4n) is 2.76. The maximum absolute atomic E-state index is 12.1. The average Bonchev–Trinajstić information content (AvgIpc) is 2.42. The molecule has 0 saturated heterocycles. The number of aryl methyl sites for hydroxylation is 1. The van der Waals surface area contributed by atoms with E-state index in [-0.39, 0.29) is 5.91 Å². The van der Waals surface area contributed by atoms with E-state index in [1.807, 2.05) is 25.1 Å². The van der Waals surface area contributed by atoms with E-state index in [0.29, 0.717) is 17.3 Å². The number of rotatable bonds is 4. The minimum absolute atomic E-state index is 0.0973. The molecule has 3 nitrogen and oxygen atoms in total. The fourth-order valence-corrected chi connectivity index (χ4v) is 2.89. The van der Waals surface area contributed by atoms with Crippen LogP contribution in [-0.4, -0.2) is 10.9 Å². The summed E-state index contributed by atoms with van der Waals surface area (Å²) in [7, 11) is 0. The third-order valence-electron chi connectivity index (χ3n) is 3.99. The summed E-state index contributed by atoms with van der Waals surface area (Å²) in [6.07, 6.45) is 6.81. The second kappa shape index (κ2) is 6.84. The number of hydrogen-bond acceptors (Lipinski definition) is 2. The van der Waals surface area contributed by atoms with Crippen molar-refractivity contribution < 1.29 is 4.79 Å². The minimum atomic E-state index is 0.0973. The zero-order valence-electron chi connectivity index (χ0n) is 11.9. The molecular formula is C16H22N2OS. The number of nitrogens with one attached hydrogen (secondary N) is 1.